The molecule has 0 aromatic carbocycles. The van der Waals surface area contributed by atoms with E-state index in [1.165, 1.54) is 23.3 Å². The zero-order chi connectivity index (χ0) is 8.72. The number of hydrogen-bond acceptors (Lipinski definition) is 1. The number of nitrogens with zero attached hydrogens (tertiary/aromatic N) is 2. The third-order valence-electron chi connectivity index (χ3n) is 2.55. The molecule has 2 rings (SSSR count). The zero-order valence-corrected chi connectivity index (χ0v) is 9.06. The van der Waals surface area contributed by atoms with Gasteiger partial charge in [-0.1, -0.05) is 0 Å². The van der Waals surface area contributed by atoms with E-state index in [0.717, 1.165) is 12.1 Å². The van der Waals surface area contributed by atoms with Crippen molar-refractivity contribution in [1.29, 1.82) is 0 Å². The molecule has 0 saturated heterocycles. The molecule has 1 aromatic rings. The van der Waals surface area contributed by atoms with Crippen LogP contribution in [0.25, 0.3) is 0 Å². The van der Waals surface area contributed by atoms with Crippen LogP contribution in [0, 0.1) is 6.92 Å². The average molecular weight is 229 g/mol. The van der Waals surface area contributed by atoms with Crippen LogP contribution in [0.15, 0.2) is 4.60 Å². The number of imidazole rings is 1. The van der Waals surface area contributed by atoms with Gasteiger partial charge in [0.15, 0.2) is 0 Å². The van der Waals surface area contributed by atoms with E-state index in [4.69, 9.17) is 0 Å². The lowest BCUT2D eigenvalue weighted by Gasteiger charge is -2.22. The molecule has 2 nitrogen and oxygen atoms in total. The molecule has 1 atom stereocenters. The van der Waals surface area contributed by atoms with Gasteiger partial charge in [0.2, 0.25) is 0 Å². The summed E-state index contributed by atoms with van der Waals surface area (Å²) in [4.78, 5) is 4.52. The summed E-state index contributed by atoms with van der Waals surface area (Å²) in [5.74, 6) is 1.25. The van der Waals surface area contributed by atoms with Gasteiger partial charge < -0.3 is 4.57 Å². The van der Waals surface area contributed by atoms with Gasteiger partial charge in [-0.2, -0.15) is 0 Å². The first kappa shape index (κ1) is 8.30. The lowest BCUT2D eigenvalue weighted by Crippen LogP contribution is -2.15. The quantitative estimate of drug-likeness (QED) is 0.668. The minimum absolute atomic E-state index is 0.615. The van der Waals surface area contributed by atoms with Gasteiger partial charge in [-0.15, -0.1) is 0 Å². The lowest BCUT2D eigenvalue weighted by atomic mass is 10.1. The van der Waals surface area contributed by atoms with E-state index in [1.54, 1.807) is 0 Å². The first-order valence-electron chi connectivity index (χ1n) is 4.43. The van der Waals surface area contributed by atoms with E-state index in [2.05, 4.69) is 39.3 Å². The molecule has 3 heteroatoms. The summed E-state index contributed by atoms with van der Waals surface area (Å²) in [6.07, 6.45) is 3.70. The Kier molecular flexibility index (Phi) is 1.99. The van der Waals surface area contributed by atoms with Crippen molar-refractivity contribution in [2.24, 2.45) is 0 Å². The van der Waals surface area contributed by atoms with Crippen LogP contribution in [0.2, 0.25) is 0 Å². The van der Waals surface area contributed by atoms with Crippen LogP contribution in [0.4, 0.5) is 0 Å². The van der Waals surface area contributed by atoms with Gasteiger partial charge >= 0.3 is 0 Å². The number of aromatic nitrogens is 2. The third-order valence-corrected chi connectivity index (χ3v) is 3.50. The molecule has 0 amide bonds. The molecular formula is C9H13BrN2. The molecule has 0 saturated carbocycles. The number of fused-ring (bicyclic) bond motifs is 1. The fraction of sp³-hybridized carbons (Fsp3) is 0.667. The van der Waals surface area contributed by atoms with E-state index >= 15 is 0 Å². The molecule has 1 aliphatic heterocycles. The van der Waals surface area contributed by atoms with Gasteiger partial charge in [0.1, 0.15) is 10.4 Å². The Labute approximate surface area is 81.1 Å². The van der Waals surface area contributed by atoms with Gasteiger partial charge in [-0.3, -0.25) is 0 Å². The summed E-state index contributed by atoms with van der Waals surface area (Å²) in [5.41, 5.74) is 1.12. The molecule has 0 aliphatic carbocycles. The fourth-order valence-electron chi connectivity index (χ4n) is 1.89. The zero-order valence-electron chi connectivity index (χ0n) is 7.47. The van der Waals surface area contributed by atoms with E-state index in [9.17, 15) is 0 Å². The van der Waals surface area contributed by atoms with Gasteiger partial charge in [0, 0.05) is 12.5 Å². The summed E-state index contributed by atoms with van der Waals surface area (Å²) in [5, 5.41) is 0. The standard InChI is InChI=1S/C9H13BrN2/c1-6-4-3-5-8-11-7(2)9(10)12(6)8/h6H,3-5H2,1-2H3. The molecule has 1 aromatic heterocycles. The molecule has 1 unspecified atom stereocenters. The number of hydrogen-bond donors (Lipinski definition) is 0. The van der Waals surface area contributed by atoms with Gasteiger partial charge in [0.25, 0.3) is 0 Å². The van der Waals surface area contributed by atoms with Gasteiger partial charge in [-0.25, -0.2) is 4.98 Å². The molecule has 0 N–H and O–H groups in total. The van der Waals surface area contributed by atoms with Crippen LogP contribution in [0.1, 0.15) is 37.3 Å². The van der Waals surface area contributed by atoms with Crippen LogP contribution in [-0.4, -0.2) is 9.55 Å². The minimum atomic E-state index is 0.615. The summed E-state index contributed by atoms with van der Waals surface area (Å²) in [6.45, 7) is 4.32. The first-order chi connectivity index (χ1) is 5.70. The molecule has 0 bridgehead atoms. The number of rotatable bonds is 0. The average Bonchev–Trinajstić information content (AvgIpc) is 2.29. The van der Waals surface area contributed by atoms with Gasteiger partial charge in [-0.05, 0) is 42.6 Å². The maximum atomic E-state index is 4.52. The maximum absolute atomic E-state index is 4.52. The minimum Gasteiger partial charge on any atom is -0.320 e. The lowest BCUT2D eigenvalue weighted by molar-refractivity contribution is 0.420. The van der Waals surface area contributed by atoms with Crippen LogP contribution in [0.5, 0.6) is 0 Å². The second-order valence-corrected chi connectivity index (χ2v) is 4.27. The van der Waals surface area contributed by atoms with Crippen molar-refractivity contribution in [2.45, 2.75) is 39.2 Å². The maximum Gasteiger partial charge on any atom is 0.110 e. The van der Waals surface area contributed by atoms with Crippen LogP contribution >= 0.6 is 15.9 Å². The Morgan fingerprint density at radius 3 is 3.00 bits per heavy atom. The van der Waals surface area contributed by atoms with Crippen molar-refractivity contribution in [1.82, 2.24) is 9.55 Å². The number of aryl methyl sites for hydroxylation is 2. The van der Waals surface area contributed by atoms with E-state index in [-0.39, 0.29) is 0 Å². The fourth-order valence-corrected chi connectivity index (χ4v) is 2.53. The van der Waals surface area contributed by atoms with Crippen LogP contribution in [0.3, 0.4) is 0 Å². The molecule has 2 heterocycles. The number of halogens is 1. The summed E-state index contributed by atoms with van der Waals surface area (Å²) in [7, 11) is 0. The Morgan fingerprint density at radius 1 is 1.58 bits per heavy atom. The molecule has 0 spiro atoms. The highest BCUT2D eigenvalue weighted by Gasteiger charge is 2.20. The van der Waals surface area contributed by atoms with E-state index in [1.807, 2.05) is 0 Å². The molecule has 0 radical (unpaired) electrons. The Morgan fingerprint density at radius 2 is 2.33 bits per heavy atom. The summed E-state index contributed by atoms with van der Waals surface area (Å²) < 4.78 is 3.49. The smallest absolute Gasteiger partial charge is 0.110 e. The van der Waals surface area contributed by atoms with Crippen molar-refractivity contribution in [3.63, 3.8) is 0 Å². The predicted molar refractivity (Wildman–Crippen MR) is 52.3 cm³/mol. The topological polar surface area (TPSA) is 17.8 Å². The highest BCUT2D eigenvalue weighted by atomic mass is 79.9. The summed E-state index contributed by atoms with van der Waals surface area (Å²) >= 11 is 3.58. The van der Waals surface area contributed by atoms with Crippen LogP contribution in [-0.2, 0) is 6.42 Å². The van der Waals surface area contributed by atoms with Crippen LogP contribution < -0.4 is 0 Å². The highest BCUT2D eigenvalue weighted by Crippen LogP contribution is 2.30. The predicted octanol–water partition coefficient (Wildman–Crippen LogP) is 2.85. The second-order valence-electron chi connectivity index (χ2n) is 3.52. The molecule has 12 heavy (non-hydrogen) atoms. The largest absolute Gasteiger partial charge is 0.320 e. The Bertz CT molecular complexity index is 304. The van der Waals surface area contributed by atoms with E-state index in [0.29, 0.717) is 6.04 Å². The third kappa shape index (κ3) is 1.11. The van der Waals surface area contributed by atoms with Crippen molar-refractivity contribution in [3.8, 4) is 0 Å². The van der Waals surface area contributed by atoms with Crippen molar-refractivity contribution >= 4 is 15.9 Å². The second kappa shape index (κ2) is 2.87. The highest BCUT2D eigenvalue weighted by molar-refractivity contribution is 9.10. The SMILES string of the molecule is Cc1nc2n(c1Br)C(C)CCC2. The first-order valence-corrected chi connectivity index (χ1v) is 5.22. The van der Waals surface area contributed by atoms with Crippen molar-refractivity contribution < 1.29 is 0 Å². The van der Waals surface area contributed by atoms with Crippen molar-refractivity contribution in [2.75, 3.05) is 0 Å². The normalized spacial score (nSPS) is 22.4. The Balaban J connectivity index is 2.54. The molecule has 1 aliphatic rings. The van der Waals surface area contributed by atoms with Gasteiger partial charge in [0.05, 0.1) is 5.69 Å². The summed E-state index contributed by atoms with van der Waals surface area (Å²) in [6, 6.07) is 0.615. The Hall–Kier alpha value is -0.310. The molecule has 66 valence electrons. The van der Waals surface area contributed by atoms with Crippen molar-refractivity contribution in [3.05, 3.63) is 16.1 Å². The monoisotopic (exact) mass is 228 g/mol. The molecule has 0 fully saturated rings. The van der Waals surface area contributed by atoms with E-state index < -0.39 is 0 Å². The molecular weight excluding hydrogens is 216 g/mol.